The lowest BCUT2D eigenvalue weighted by molar-refractivity contribution is 0.254. The predicted octanol–water partition coefficient (Wildman–Crippen LogP) is 1.32. The van der Waals surface area contributed by atoms with Crippen molar-refractivity contribution in [3.05, 3.63) is 0 Å². The van der Waals surface area contributed by atoms with Gasteiger partial charge in [0.25, 0.3) is 0 Å². The Morgan fingerprint density at radius 3 is 2.00 bits per heavy atom. The van der Waals surface area contributed by atoms with Gasteiger partial charge < -0.3 is 5.73 Å². The second kappa shape index (κ2) is 2.57. The summed E-state index contributed by atoms with van der Waals surface area (Å²) in [6.45, 7) is 5.50. The van der Waals surface area contributed by atoms with Crippen molar-refractivity contribution in [1.29, 1.82) is 0 Å². The van der Waals surface area contributed by atoms with Crippen LogP contribution in [-0.2, 0) is 0 Å². The Hall–Kier alpha value is -0.930. The fraction of sp³-hybridized carbons (Fsp3) is 0.800. The van der Waals surface area contributed by atoms with Crippen molar-refractivity contribution in [3.8, 4) is 0 Å². The third kappa shape index (κ3) is 7.07. The third-order valence-corrected chi connectivity index (χ3v) is 0.449. The zero-order chi connectivity index (χ0) is 7.49. The minimum atomic E-state index is -0.745. The largest absolute Gasteiger partial charge is 0.356 e. The predicted molar refractivity (Wildman–Crippen MR) is 34.2 cm³/mol. The molecule has 9 heavy (non-hydrogen) atoms. The molecular weight excluding hydrogens is 118 g/mol. The summed E-state index contributed by atoms with van der Waals surface area (Å²) in [4.78, 5) is 10.0. The molecule has 0 saturated carbocycles. The van der Waals surface area contributed by atoms with Crippen LogP contribution in [0.2, 0.25) is 0 Å². The molecule has 0 aliphatic rings. The number of nitrogens with zero attached hydrogens (tertiary/aromatic N) is 2. The number of carbonyl (C=O) groups excluding carboxylic acids is 1. The van der Waals surface area contributed by atoms with E-state index in [1.54, 1.807) is 0 Å². The van der Waals surface area contributed by atoms with Crippen molar-refractivity contribution in [2.45, 2.75) is 26.3 Å². The molecule has 0 bridgehead atoms. The number of hydrogen-bond acceptors (Lipinski definition) is 2. The van der Waals surface area contributed by atoms with Crippen molar-refractivity contribution < 1.29 is 4.79 Å². The first-order valence-electron chi connectivity index (χ1n) is 2.64. The van der Waals surface area contributed by atoms with Gasteiger partial charge in [-0.05, 0) is 20.8 Å². The molecule has 0 saturated heterocycles. The maximum Gasteiger partial charge on any atom is 0.356 e. The highest BCUT2D eigenvalue weighted by Gasteiger charge is 2.06. The summed E-state index contributed by atoms with van der Waals surface area (Å²) in [5.74, 6) is 0. The van der Waals surface area contributed by atoms with Crippen LogP contribution in [0.5, 0.6) is 0 Å². The van der Waals surface area contributed by atoms with E-state index in [9.17, 15) is 4.79 Å². The van der Waals surface area contributed by atoms with Gasteiger partial charge in [-0.25, -0.2) is 4.79 Å². The molecule has 0 fully saturated rings. The van der Waals surface area contributed by atoms with Crippen molar-refractivity contribution in [1.82, 2.24) is 0 Å². The Morgan fingerprint density at radius 1 is 1.44 bits per heavy atom. The van der Waals surface area contributed by atoms with E-state index < -0.39 is 6.03 Å². The van der Waals surface area contributed by atoms with Crippen LogP contribution in [0.15, 0.2) is 10.2 Å². The molecule has 0 atom stereocenters. The van der Waals surface area contributed by atoms with Crippen LogP contribution in [0.25, 0.3) is 0 Å². The maximum absolute atomic E-state index is 10.0. The normalized spacial score (nSPS) is 12.3. The van der Waals surface area contributed by atoms with Crippen LogP contribution < -0.4 is 5.73 Å². The number of hydrogen-bond donors (Lipinski definition) is 1. The highest BCUT2D eigenvalue weighted by molar-refractivity contribution is 5.71. The number of urea groups is 1. The lowest BCUT2D eigenvalue weighted by Gasteiger charge is -2.07. The smallest absolute Gasteiger partial charge is 0.348 e. The van der Waals surface area contributed by atoms with E-state index in [0.29, 0.717) is 0 Å². The lowest BCUT2D eigenvalue weighted by atomic mass is 10.1. The Bertz CT molecular complexity index is 134. The molecule has 0 aliphatic carbocycles. The first kappa shape index (κ1) is 8.07. The number of primary amides is 1. The highest BCUT2D eigenvalue weighted by atomic mass is 16.2. The van der Waals surface area contributed by atoms with Crippen molar-refractivity contribution in [3.63, 3.8) is 0 Å². The topological polar surface area (TPSA) is 67.8 Å². The van der Waals surface area contributed by atoms with Crippen LogP contribution in [0.4, 0.5) is 4.79 Å². The summed E-state index contributed by atoms with van der Waals surface area (Å²) < 4.78 is 0. The fourth-order valence-corrected chi connectivity index (χ4v) is 0.199. The fourth-order valence-electron chi connectivity index (χ4n) is 0.199. The van der Waals surface area contributed by atoms with E-state index in [1.807, 2.05) is 20.8 Å². The Kier molecular flexibility index (Phi) is 2.30. The molecule has 0 aromatic rings. The zero-order valence-electron chi connectivity index (χ0n) is 5.88. The summed E-state index contributed by atoms with van der Waals surface area (Å²) in [5, 5.41) is 6.77. The summed E-state index contributed by atoms with van der Waals surface area (Å²) in [6.07, 6.45) is 0. The summed E-state index contributed by atoms with van der Waals surface area (Å²) >= 11 is 0. The molecule has 4 nitrogen and oxygen atoms in total. The number of nitrogens with two attached hydrogens (primary N) is 1. The van der Waals surface area contributed by atoms with Gasteiger partial charge in [-0.3, -0.25) is 0 Å². The second-order valence-corrected chi connectivity index (χ2v) is 2.71. The van der Waals surface area contributed by atoms with E-state index in [0.717, 1.165) is 0 Å². The lowest BCUT2D eigenvalue weighted by Crippen LogP contribution is -2.11. The van der Waals surface area contributed by atoms with Gasteiger partial charge in [-0.15, -0.1) is 0 Å². The molecule has 0 aromatic carbocycles. The quantitative estimate of drug-likeness (QED) is 0.492. The van der Waals surface area contributed by atoms with Gasteiger partial charge in [0.15, 0.2) is 0 Å². The van der Waals surface area contributed by atoms with Crippen molar-refractivity contribution in [2.24, 2.45) is 16.0 Å². The average molecular weight is 129 g/mol. The van der Waals surface area contributed by atoms with Crippen LogP contribution in [0, 0.1) is 0 Å². The van der Waals surface area contributed by atoms with E-state index in [-0.39, 0.29) is 5.54 Å². The monoisotopic (exact) mass is 129 g/mol. The first-order valence-corrected chi connectivity index (χ1v) is 2.64. The molecule has 0 radical (unpaired) electrons. The molecule has 0 rings (SSSR count). The standard InChI is InChI=1S/C5H11N3O/c1-5(2,3)8-7-4(6)9/h1-3H3,(H2,6,9). The highest BCUT2D eigenvalue weighted by Crippen LogP contribution is 2.05. The minimum Gasteiger partial charge on any atom is -0.348 e. The summed E-state index contributed by atoms with van der Waals surface area (Å²) in [5.41, 5.74) is 4.39. The van der Waals surface area contributed by atoms with Gasteiger partial charge >= 0.3 is 6.03 Å². The number of azo groups is 1. The number of amides is 2. The van der Waals surface area contributed by atoms with Crippen molar-refractivity contribution in [2.75, 3.05) is 0 Å². The minimum absolute atomic E-state index is 0.310. The maximum atomic E-state index is 10.0. The molecular formula is C5H11N3O. The molecule has 2 N–H and O–H groups in total. The zero-order valence-corrected chi connectivity index (χ0v) is 5.88. The number of rotatable bonds is 0. The average Bonchev–Trinajstić information content (AvgIpc) is 1.59. The number of carbonyl (C=O) groups is 1. The van der Waals surface area contributed by atoms with Gasteiger partial charge in [0, 0.05) is 0 Å². The molecule has 0 spiro atoms. The van der Waals surface area contributed by atoms with Crippen molar-refractivity contribution >= 4 is 6.03 Å². The third-order valence-electron chi connectivity index (χ3n) is 0.449. The Labute approximate surface area is 54.1 Å². The molecule has 52 valence electrons. The molecule has 0 aliphatic heterocycles. The van der Waals surface area contributed by atoms with E-state index in [2.05, 4.69) is 10.2 Å². The van der Waals surface area contributed by atoms with Gasteiger partial charge in [-0.2, -0.15) is 5.11 Å². The summed E-state index contributed by atoms with van der Waals surface area (Å²) in [6, 6.07) is -0.745. The molecule has 2 amide bonds. The van der Waals surface area contributed by atoms with Crippen LogP contribution in [0.3, 0.4) is 0 Å². The van der Waals surface area contributed by atoms with Gasteiger partial charge in [0.2, 0.25) is 0 Å². The Morgan fingerprint density at radius 2 is 1.89 bits per heavy atom. The van der Waals surface area contributed by atoms with E-state index in [1.165, 1.54) is 0 Å². The van der Waals surface area contributed by atoms with Crippen LogP contribution >= 0.6 is 0 Å². The first-order chi connectivity index (χ1) is 3.92. The van der Waals surface area contributed by atoms with Gasteiger partial charge in [0.1, 0.15) is 0 Å². The van der Waals surface area contributed by atoms with E-state index >= 15 is 0 Å². The molecule has 0 unspecified atom stereocenters. The van der Waals surface area contributed by atoms with Gasteiger partial charge in [-0.1, -0.05) is 5.11 Å². The molecule has 0 heterocycles. The van der Waals surface area contributed by atoms with Crippen LogP contribution in [-0.4, -0.2) is 11.6 Å². The van der Waals surface area contributed by atoms with E-state index in [4.69, 9.17) is 5.73 Å². The van der Waals surface area contributed by atoms with Gasteiger partial charge in [0.05, 0.1) is 5.54 Å². The SMILES string of the molecule is CC(C)(C)N=NC(N)=O. The Balaban J connectivity index is 3.86. The summed E-state index contributed by atoms with van der Waals surface area (Å²) in [7, 11) is 0. The second-order valence-electron chi connectivity index (χ2n) is 2.71. The molecule has 4 heteroatoms. The molecule has 0 aromatic heterocycles. The van der Waals surface area contributed by atoms with Crippen LogP contribution in [0.1, 0.15) is 20.8 Å².